The lowest BCUT2D eigenvalue weighted by Gasteiger charge is -2.71. The number of allylic oxidation sites excluding steroid dienone is 2. The van der Waals surface area contributed by atoms with E-state index in [9.17, 15) is 76.0 Å². The normalized spacial score (nSPS) is 54.4. The second kappa shape index (κ2) is 21.8. The molecule has 25 nitrogen and oxygen atoms in total. The van der Waals surface area contributed by atoms with Crippen LogP contribution in [0.2, 0.25) is 0 Å². The number of hydrogen-bond donors (Lipinski definition) is 13. The number of carboxylic acids is 1. The summed E-state index contributed by atoms with van der Waals surface area (Å²) in [6, 6.07) is 0. The number of carbonyl (C=O) groups is 3. The number of esters is 1. The lowest BCUT2D eigenvalue weighted by molar-refractivity contribution is -0.377. The van der Waals surface area contributed by atoms with Gasteiger partial charge in [0.15, 0.2) is 25.0 Å². The van der Waals surface area contributed by atoms with E-state index in [-0.39, 0.29) is 30.1 Å². The van der Waals surface area contributed by atoms with Gasteiger partial charge in [0.05, 0.1) is 35.7 Å². The summed E-state index contributed by atoms with van der Waals surface area (Å²) in [6.45, 7) is 14.4. The summed E-state index contributed by atoms with van der Waals surface area (Å²) >= 11 is 0. The molecule has 5 aliphatic carbocycles. The minimum Gasteiger partial charge on any atom is -0.481 e. The molecule has 30 atom stereocenters. The third-order valence-electron chi connectivity index (χ3n) is 21.3. The molecule has 0 aromatic carbocycles. The fraction of sp³-hybridized carbons (Fsp3) is 0.907. The summed E-state index contributed by atoms with van der Waals surface area (Å²) in [5.41, 5.74) is -3.98. The zero-order valence-corrected chi connectivity index (χ0v) is 45.9. The van der Waals surface area contributed by atoms with Gasteiger partial charge in [-0.2, -0.15) is 0 Å². The number of aliphatic hydroxyl groups excluding tert-OH is 12. The van der Waals surface area contributed by atoms with Crippen molar-refractivity contribution in [2.45, 2.75) is 248 Å². The molecule has 79 heavy (non-hydrogen) atoms. The van der Waals surface area contributed by atoms with Crippen LogP contribution in [0.5, 0.6) is 0 Å². The smallest absolute Gasteiger partial charge is 0.315 e. The van der Waals surface area contributed by atoms with Crippen molar-refractivity contribution in [1.82, 2.24) is 0 Å². The molecular weight excluding hydrogens is 1050 g/mol. The number of aliphatic hydroxyl groups is 12. The van der Waals surface area contributed by atoms with Gasteiger partial charge in [-0.3, -0.25) is 14.4 Å². The Kier molecular flexibility index (Phi) is 16.8. The SMILES string of the molecule is CC1O[C@@H](OC(=O)[C@]23CCC(C)(C)C[C@H]2C2=CCC4[C@@]5(C)C[C@H](O)[C@H](O[C@@H]6OC(OC=O)[C@@H](O)[C@H](O)C6O)[C@@](C)(C(=O)O)[C@@H]5CC[C@@]4(C)[C@]2(C)CC3)[C@H](O[C@@H]2OC(C)[C@H](O[C@@H]3OC(CO)[C@@H](O)[C@H](O)C3O)[C@H](O)C2O)C(O)[C@H]1O. The predicted octanol–water partition coefficient (Wildman–Crippen LogP) is -1.81. The van der Waals surface area contributed by atoms with E-state index >= 15 is 4.79 Å². The molecule has 0 aromatic rings. The summed E-state index contributed by atoms with van der Waals surface area (Å²) < 4.78 is 52.2. The average Bonchev–Trinajstić information content (AvgIpc) is 3.35. The third kappa shape index (κ3) is 9.72. The quantitative estimate of drug-likeness (QED) is 0.0443. The van der Waals surface area contributed by atoms with E-state index in [1.54, 1.807) is 0 Å². The van der Waals surface area contributed by atoms with Gasteiger partial charge in [-0.05, 0) is 118 Å². The van der Waals surface area contributed by atoms with Crippen molar-refractivity contribution in [1.29, 1.82) is 0 Å². The van der Waals surface area contributed by atoms with Gasteiger partial charge in [0, 0.05) is 0 Å². The first-order valence-electron chi connectivity index (χ1n) is 27.8. The van der Waals surface area contributed by atoms with Gasteiger partial charge in [0.1, 0.15) is 79.4 Å². The Morgan fingerprint density at radius 3 is 1.84 bits per heavy atom. The maximum Gasteiger partial charge on any atom is 0.315 e. The van der Waals surface area contributed by atoms with Crippen LogP contribution in [-0.2, 0) is 57.0 Å². The highest BCUT2D eigenvalue weighted by Gasteiger charge is 2.73. The highest BCUT2D eigenvalue weighted by molar-refractivity contribution is 5.79. The molecule has 0 spiro atoms. The third-order valence-corrected chi connectivity index (χ3v) is 21.3. The first kappa shape index (κ1) is 61.0. The van der Waals surface area contributed by atoms with Crippen LogP contribution in [0, 0.1) is 50.2 Å². The Morgan fingerprint density at radius 1 is 0.620 bits per heavy atom. The molecular formula is C54H84O25. The molecule has 4 saturated heterocycles. The van der Waals surface area contributed by atoms with E-state index in [0.29, 0.717) is 51.4 Å². The Labute approximate surface area is 457 Å². The van der Waals surface area contributed by atoms with Crippen molar-refractivity contribution in [2.75, 3.05) is 6.61 Å². The number of aliphatic carboxylic acids is 1. The second-order valence-corrected chi connectivity index (χ2v) is 26.0. The maximum absolute atomic E-state index is 15.4. The maximum atomic E-state index is 15.4. The molecule has 9 aliphatic rings. The van der Waals surface area contributed by atoms with E-state index in [4.69, 9.17) is 42.6 Å². The van der Waals surface area contributed by atoms with Gasteiger partial charge in [0.2, 0.25) is 12.6 Å². The Balaban J connectivity index is 0.960. The molecule has 0 amide bonds. The Bertz CT molecular complexity index is 2270. The predicted molar refractivity (Wildman–Crippen MR) is 263 cm³/mol. The molecule has 4 saturated carbocycles. The lowest BCUT2D eigenvalue weighted by atomic mass is 9.33. The number of rotatable bonds is 12. The number of carbonyl (C=O) groups excluding carboxylic acids is 2. The Morgan fingerprint density at radius 2 is 1.19 bits per heavy atom. The molecule has 4 aliphatic heterocycles. The largest absolute Gasteiger partial charge is 0.481 e. The zero-order chi connectivity index (χ0) is 58.0. The van der Waals surface area contributed by atoms with Crippen LogP contribution in [0.4, 0.5) is 0 Å². The van der Waals surface area contributed by atoms with Gasteiger partial charge in [-0.15, -0.1) is 0 Å². The Hall–Kier alpha value is -2.61. The fourth-order valence-corrected chi connectivity index (χ4v) is 16.4. The number of carboxylic acid groups (broad SMARTS) is 1. The van der Waals surface area contributed by atoms with Crippen LogP contribution in [-0.4, -0.2) is 227 Å². The molecule has 0 bridgehead atoms. The van der Waals surface area contributed by atoms with E-state index in [1.165, 1.54) is 20.8 Å². The fourth-order valence-electron chi connectivity index (χ4n) is 16.4. The molecule has 4 heterocycles. The van der Waals surface area contributed by atoms with Crippen molar-refractivity contribution < 1.29 is 123 Å². The molecule has 25 heteroatoms. The monoisotopic (exact) mass is 1130 g/mol. The van der Waals surface area contributed by atoms with Crippen LogP contribution in [0.3, 0.4) is 0 Å². The summed E-state index contributed by atoms with van der Waals surface area (Å²) in [5.74, 6) is -3.07. The van der Waals surface area contributed by atoms with E-state index < -0.39 is 187 Å². The van der Waals surface area contributed by atoms with Gasteiger partial charge < -0.3 is 109 Å². The van der Waals surface area contributed by atoms with Gasteiger partial charge in [-0.1, -0.05) is 46.3 Å². The average molecular weight is 1130 g/mol. The van der Waals surface area contributed by atoms with Crippen LogP contribution in [0.25, 0.3) is 0 Å². The minimum atomic E-state index is -1.94. The lowest BCUT2D eigenvalue weighted by Crippen LogP contribution is -2.70. The van der Waals surface area contributed by atoms with Crippen molar-refractivity contribution in [3.8, 4) is 0 Å². The molecule has 0 radical (unpaired) electrons. The van der Waals surface area contributed by atoms with Crippen molar-refractivity contribution >= 4 is 18.4 Å². The van der Waals surface area contributed by atoms with E-state index in [2.05, 4.69) is 33.8 Å². The molecule has 9 unspecified atom stereocenters. The van der Waals surface area contributed by atoms with Crippen LogP contribution in [0.15, 0.2) is 11.6 Å². The second-order valence-electron chi connectivity index (χ2n) is 26.0. The number of hydrogen-bond acceptors (Lipinski definition) is 24. The zero-order valence-electron chi connectivity index (χ0n) is 45.9. The van der Waals surface area contributed by atoms with E-state index in [0.717, 1.165) is 5.57 Å². The molecule has 13 N–H and O–H groups in total. The van der Waals surface area contributed by atoms with Crippen LogP contribution < -0.4 is 0 Å². The number of ether oxygens (including phenoxy) is 9. The van der Waals surface area contributed by atoms with Crippen molar-refractivity contribution in [3.05, 3.63) is 11.6 Å². The standard InChI is InChI=1S/C54H84O25/c1-21-29(58)33(62)40(76-43-38(67)34(63)39(22(2)73-43)75-44-36(65)31(60)30(59)26(19-55)74-44)46(72-21)79-48(70)54-15-13-49(3,4)17-24(54)23-9-10-27-50(5)18-25(57)41(77-45-37(66)32(61)35(64)42(78-45)71-20-56)53(8,47(68)69)28(50)11-12-52(27,7)51(23,6)14-16-54/h9,20-22,24-46,55,57-67H,10-19H2,1-8H3,(H,68,69)/t21?,22?,24-,25-,26?,27?,28+,29-,30+,31-,32-,33?,34+,35-,36?,37?,38?,39-,40+,41-,42?,43-,44-,45+,46-,50+,51+,52+,53-,54-/m0/s1. The molecule has 8 fully saturated rings. The van der Waals surface area contributed by atoms with Crippen molar-refractivity contribution in [3.63, 3.8) is 0 Å². The van der Waals surface area contributed by atoms with Crippen LogP contribution >= 0.6 is 0 Å². The number of fused-ring (bicyclic) bond motifs is 7. The summed E-state index contributed by atoms with van der Waals surface area (Å²) in [4.78, 5) is 40.3. The summed E-state index contributed by atoms with van der Waals surface area (Å²) in [5, 5.41) is 142. The topological polar surface area (TPSA) is 397 Å². The van der Waals surface area contributed by atoms with Gasteiger partial charge >= 0.3 is 11.9 Å². The van der Waals surface area contributed by atoms with Crippen LogP contribution in [0.1, 0.15) is 113 Å². The minimum absolute atomic E-state index is 0.0164. The molecule has 0 aromatic heterocycles. The van der Waals surface area contributed by atoms with Crippen molar-refractivity contribution in [2.24, 2.45) is 50.2 Å². The summed E-state index contributed by atoms with van der Waals surface area (Å²) in [7, 11) is 0. The highest BCUT2D eigenvalue weighted by Crippen LogP contribution is 2.76. The first-order valence-corrected chi connectivity index (χ1v) is 27.8. The molecule has 450 valence electrons. The van der Waals surface area contributed by atoms with Gasteiger partial charge in [0.25, 0.3) is 6.47 Å². The molecule has 9 rings (SSSR count). The highest BCUT2D eigenvalue weighted by atomic mass is 16.8. The first-order chi connectivity index (χ1) is 36.9. The van der Waals surface area contributed by atoms with Gasteiger partial charge in [-0.25, -0.2) is 0 Å². The summed E-state index contributed by atoms with van der Waals surface area (Å²) in [6.07, 6.45) is -30.2. The van der Waals surface area contributed by atoms with E-state index in [1.807, 2.05) is 6.92 Å².